The fourth-order valence-corrected chi connectivity index (χ4v) is 3.81. The van der Waals surface area contributed by atoms with Crippen LogP contribution >= 0.6 is 0 Å². The molecule has 0 aliphatic carbocycles. The van der Waals surface area contributed by atoms with Crippen molar-refractivity contribution in [3.8, 4) is 0 Å². The zero-order valence-electron chi connectivity index (χ0n) is 17.1. The van der Waals surface area contributed by atoms with Crippen molar-refractivity contribution in [3.05, 3.63) is 64.7 Å². The Morgan fingerprint density at radius 1 is 1.07 bits per heavy atom. The Labute approximate surface area is 176 Å². The van der Waals surface area contributed by atoms with Crippen LogP contribution in [0.25, 0.3) is 0 Å². The van der Waals surface area contributed by atoms with E-state index in [0.29, 0.717) is 16.8 Å². The number of aryl methyl sites for hydroxylation is 2. The lowest BCUT2D eigenvalue weighted by Crippen LogP contribution is -2.25. The fourth-order valence-electron chi connectivity index (χ4n) is 2.73. The molecule has 0 saturated heterocycles. The van der Waals surface area contributed by atoms with Gasteiger partial charge in [-0.05, 0) is 56.5 Å². The monoisotopic (exact) mass is 431 g/mol. The first kappa shape index (κ1) is 23.2. The molecule has 0 atom stereocenters. The summed E-state index contributed by atoms with van der Waals surface area (Å²) in [5.41, 5.74) is 6.14. The van der Waals surface area contributed by atoms with Crippen molar-refractivity contribution in [2.75, 3.05) is 6.54 Å². The van der Waals surface area contributed by atoms with Crippen molar-refractivity contribution in [2.24, 2.45) is 5.10 Å². The molecular weight excluding hydrogens is 406 g/mol. The molecule has 2 aromatic rings. The number of hydrogen-bond acceptors (Lipinski definition) is 5. The van der Waals surface area contributed by atoms with Crippen LogP contribution in [0, 0.1) is 13.8 Å². The Morgan fingerprint density at radius 2 is 1.73 bits per heavy atom. The van der Waals surface area contributed by atoms with Crippen LogP contribution in [-0.4, -0.2) is 37.7 Å². The fraction of sp³-hybridized carbons (Fsp3) is 0.286. The van der Waals surface area contributed by atoms with Crippen molar-refractivity contribution >= 4 is 27.6 Å². The Balaban J connectivity index is 2.02. The quantitative estimate of drug-likeness (QED) is 0.320. The lowest BCUT2D eigenvalue weighted by Gasteiger charge is -2.08. The van der Waals surface area contributed by atoms with Gasteiger partial charge in [0, 0.05) is 18.5 Å². The minimum atomic E-state index is -3.72. The minimum absolute atomic E-state index is 0.0430. The number of carbonyl (C=O) groups excluding carboxylic acids is 1. The van der Waals surface area contributed by atoms with Crippen LogP contribution in [0.1, 0.15) is 46.8 Å². The number of aliphatic carboxylic acids is 1. The van der Waals surface area contributed by atoms with Crippen molar-refractivity contribution in [1.29, 1.82) is 0 Å². The third-order valence-corrected chi connectivity index (χ3v) is 5.87. The van der Waals surface area contributed by atoms with Gasteiger partial charge in [-0.2, -0.15) is 5.10 Å². The highest BCUT2D eigenvalue weighted by Gasteiger charge is 2.14. The first-order chi connectivity index (χ1) is 14.1. The predicted molar refractivity (Wildman–Crippen MR) is 114 cm³/mol. The Bertz CT molecular complexity index is 1060. The molecule has 3 N–H and O–H groups in total. The summed E-state index contributed by atoms with van der Waals surface area (Å²) in [7, 11) is -3.72. The first-order valence-electron chi connectivity index (χ1n) is 9.34. The molecule has 0 heterocycles. The maximum atomic E-state index is 12.3. The molecule has 0 unspecified atom stereocenters. The molecule has 1 amide bonds. The highest BCUT2D eigenvalue weighted by atomic mass is 32.2. The van der Waals surface area contributed by atoms with Crippen molar-refractivity contribution < 1.29 is 23.1 Å². The number of rotatable bonds is 9. The lowest BCUT2D eigenvalue weighted by atomic mass is 10.1. The van der Waals surface area contributed by atoms with Gasteiger partial charge in [-0.25, -0.2) is 18.6 Å². The smallest absolute Gasteiger partial charge is 0.303 e. The third-order valence-electron chi connectivity index (χ3n) is 4.39. The highest BCUT2D eigenvalue weighted by Crippen LogP contribution is 2.12. The second-order valence-corrected chi connectivity index (χ2v) is 8.64. The molecule has 0 aliphatic rings. The van der Waals surface area contributed by atoms with E-state index in [0.717, 1.165) is 11.1 Å². The molecule has 0 aromatic heterocycles. The molecule has 0 aliphatic heterocycles. The van der Waals surface area contributed by atoms with E-state index in [9.17, 15) is 18.0 Å². The van der Waals surface area contributed by atoms with Gasteiger partial charge in [-0.1, -0.05) is 29.8 Å². The van der Waals surface area contributed by atoms with Gasteiger partial charge in [0.05, 0.1) is 10.6 Å². The van der Waals surface area contributed by atoms with E-state index in [2.05, 4.69) is 15.2 Å². The van der Waals surface area contributed by atoms with Crippen molar-refractivity contribution in [3.63, 3.8) is 0 Å². The molecule has 160 valence electrons. The number of hydrazone groups is 1. The highest BCUT2D eigenvalue weighted by molar-refractivity contribution is 7.89. The lowest BCUT2D eigenvalue weighted by molar-refractivity contribution is -0.137. The molecule has 0 radical (unpaired) electrons. The normalized spacial score (nSPS) is 11.9. The first-order valence-corrected chi connectivity index (χ1v) is 10.8. The zero-order valence-corrected chi connectivity index (χ0v) is 17.9. The van der Waals surface area contributed by atoms with E-state index in [4.69, 9.17) is 5.11 Å². The second-order valence-electron chi connectivity index (χ2n) is 6.88. The number of nitrogens with one attached hydrogen (secondary N) is 2. The van der Waals surface area contributed by atoms with Gasteiger partial charge in [0.15, 0.2) is 0 Å². The summed E-state index contributed by atoms with van der Waals surface area (Å²) in [4.78, 5) is 22.9. The topological polar surface area (TPSA) is 125 Å². The Morgan fingerprint density at radius 3 is 2.33 bits per heavy atom. The number of sulfonamides is 1. The minimum Gasteiger partial charge on any atom is -0.481 e. The molecule has 30 heavy (non-hydrogen) atoms. The predicted octanol–water partition coefficient (Wildman–Crippen LogP) is 2.60. The number of amides is 1. The molecule has 2 aromatic carbocycles. The van der Waals surface area contributed by atoms with E-state index in [1.807, 2.05) is 26.0 Å². The van der Waals surface area contributed by atoms with Gasteiger partial charge >= 0.3 is 5.97 Å². The summed E-state index contributed by atoms with van der Waals surface area (Å²) in [6, 6.07) is 11.6. The van der Waals surface area contributed by atoms with Gasteiger partial charge < -0.3 is 5.11 Å². The molecule has 9 heteroatoms. The summed E-state index contributed by atoms with van der Waals surface area (Å²) < 4.78 is 26.8. The van der Waals surface area contributed by atoms with E-state index in [1.165, 1.54) is 12.1 Å². The number of carbonyl (C=O) groups is 2. The van der Waals surface area contributed by atoms with Crippen LogP contribution in [0.4, 0.5) is 0 Å². The summed E-state index contributed by atoms with van der Waals surface area (Å²) in [5, 5.41) is 12.7. The summed E-state index contributed by atoms with van der Waals surface area (Å²) >= 11 is 0. The number of benzene rings is 2. The van der Waals surface area contributed by atoms with Crippen LogP contribution in [0.2, 0.25) is 0 Å². The molecule has 0 spiro atoms. The standard InChI is InChI=1S/C21H25N3O5S/c1-14-6-11-19(15(2)13-14)21(27)24-23-16(3)17-7-9-18(10-8-17)30(28,29)22-12-4-5-20(25)26/h6-11,13,22H,4-5,12H2,1-3H3,(H,24,27)(H,25,26). The number of carboxylic acids is 1. The molecule has 0 fully saturated rings. The van der Waals surface area contributed by atoms with Gasteiger partial charge in [-0.15, -0.1) is 0 Å². The largest absolute Gasteiger partial charge is 0.481 e. The number of nitrogens with zero attached hydrogens (tertiary/aromatic N) is 1. The van der Waals surface area contributed by atoms with E-state index in [1.54, 1.807) is 25.1 Å². The Hall–Kier alpha value is -3.04. The molecule has 8 nitrogen and oxygen atoms in total. The van der Waals surface area contributed by atoms with Crippen molar-refractivity contribution in [1.82, 2.24) is 10.1 Å². The molecule has 0 bridgehead atoms. The summed E-state index contributed by atoms with van der Waals surface area (Å²) in [6.45, 7) is 5.55. The summed E-state index contributed by atoms with van der Waals surface area (Å²) in [6.07, 6.45) is 0.101. The Kier molecular flexibility index (Phi) is 7.85. The zero-order chi connectivity index (χ0) is 22.3. The van der Waals surface area contributed by atoms with Crippen LogP contribution in [0.15, 0.2) is 52.5 Å². The van der Waals surface area contributed by atoms with Crippen molar-refractivity contribution in [2.45, 2.75) is 38.5 Å². The average molecular weight is 432 g/mol. The van der Waals surface area contributed by atoms with Gasteiger partial charge in [0.2, 0.25) is 10.0 Å². The molecular formula is C21H25N3O5S. The SMILES string of the molecule is CC(=NNC(=O)c1ccc(C)cc1C)c1ccc(S(=O)(=O)NCCCC(=O)O)cc1. The van der Waals surface area contributed by atoms with Gasteiger partial charge in [0.1, 0.15) is 0 Å². The third kappa shape index (κ3) is 6.50. The average Bonchev–Trinajstić information content (AvgIpc) is 2.69. The van der Waals surface area contributed by atoms with Crippen LogP contribution < -0.4 is 10.1 Å². The van der Waals surface area contributed by atoms with Crippen LogP contribution in [0.5, 0.6) is 0 Å². The van der Waals surface area contributed by atoms with Crippen LogP contribution in [-0.2, 0) is 14.8 Å². The van der Waals surface area contributed by atoms with Crippen LogP contribution in [0.3, 0.4) is 0 Å². The molecule has 2 rings (SSSR count). The number of carboxylic acid groups (broad SMARTS) is 1. The van der Waals surface area contributed by atoms with E-state index < -0.39 is 16.0 Å². The van der Waals surface area contributed by atoms with Gasteiger partial charge in [-0.3, -0.25) is 9.59 Å². The summed E-state index contributed by atoms with van der Waals surface area (Å²) in [5.74, 6) is -1.30. The number of hydrogen-bond donors (Lipinski definition) is 3. The maximum Gasteiger partial charge on any atom is 0.303 e. The van der Waals surface area contributed by atoms with E-state index in [-0.39, 0.29) is 30.2 Å². The molecule has 0 saturated carbocycles. The second kappa shape index (κ2) is 10.1. The van der Waals surface area contributed by atoms with E-state index >= 15 is 0 Å². The maximum absolute atomic E-state index is 12.3. The van der Waals surface area contributed by atoms with Gasteiger partial charge in [0.25, 0.3) is 5.91 Å².